The van der Waals surface area contributed by atoms with Crippen LogP contribution in [0.4, 0.5) is 0 Å². The largest absolute Gasteiger partial charge is 0.394 e. The van der Waals surface area contributed by atoms with Crippen LogP contribution in [0, 0.1) is 0 Å². The molecular formula is C14H28O10. The van der Waals surface area contributed by atoms with Crippen LogP contribution in [0.5, 0.6) is 0 Å². The summed E-state index contributed by atoms with van der Waals surface area (Å²) in [6.45, 7) is 1.32. The van der Waals surface area contributed by atoms with E-state index < -0.39 is 68.3 Å². The van der Waals surface area contributed by atoms with E-state index in [1.165, 1.54) is 13.8 Å². The Morgan fingerprint density at radius 3 is 2.12 bits per heavy atom. The first-order valence-electron chi connectivity index (χ1n) is 7.77. The number of aliphatic hydroxyl groups is 7. The lowest BCUT2D eigenvalue weighted by Gasteiger charge is -2.40. The van der Waals surface area contributed by atoms with E-state index in [4.69, 9.17) is 24.4 Å². The van der Waals surface area contributed by atoms with Gasteiger partial charge in [0, 0.05) is 0 Å². The Labute approximate surface area is 139 Å². The highest BCUT2D eigenvalue weighted by atomic mass is 16.7. The predicted octanol–water partition coefficient (Wildman–Crippen LogP) is -3.69. The van der Waals surface area contributed by atoms with Gasteiger partial charge in [0.05, 0.1) is 32.0 Å². The third kappa shape index (κ3) is 5.56. The van der Waals surface area contributed by atoms with Crippen LogP contribution in [0.3, 0.4) is 0 Å². The molecule has 7 unspecified atom stereocenters. The first-order valence-corrected chi connectivity index (χ1v) is 7.77. The molecule has 0 radical (unpaired) electrons. The minimum absolute atomic E-state index is 0.324. The monoisotopic (exact) mass is 356 g/mol. The van der Waals surface area contributed by atoms with E-state index in [0.29, 0.717) is 0 Å². The fourth-order valence-corrected chi connectivity index (χ4v) is 2.27. The van der Waals surface area contributed by atoms with Gasteiger partial charge in [0.25, 0.3) is 0 Å². The standard InChI is InChI=1S/C14H28O10/c1-6(17)9(4-16)24-14(8(18)3-15)22-5-10-12(20)13(21)11(19)7(2)23-10/h6-21H,3-5H2,1-2H3/t6-,7?,8+,9?,10?,11?,12?,13?,14?/m1/s1. The number of hydrogen-bond donors (Lipinski definition) is 7. The molecule has 0 spiro atoms. The summed E-state index contributed by atoms with van der Waals surface area (Å²) < 4.78 is 15.9. The van der Waals surface area contributed by atoms with Crippen LogP contribution >= 0.6 is 0 Å². The second-order valence-corrected chi connectivity index (χ2v) is 5.90. The third-order valence-electron chi connectivity index (χ3n) is 3.90. The number of ether oxygens (including phenoxy) is 3. The van der Waals surface area contributed by atoms with Gasteiger partial charge in [0.2, 0.25) is 0 Å². The van der Waals surface area contributed by atoms with Gasteiger partial charge in [-0.3, -0.25) is 0 Å². The van der Waals surface area contributed by atoms with Gasteiger partial charge in [-0.15, -0.1) is 0 Å². The van der Waals surface area contributed by atoms with E-state index in [0.717, 1.165) is 0 Å². The van der Waals surface area contributed by atoms with Crippen LogP contribution < -0.4 is 0 Å². The molecule has 10 nitrogen and oxygen atoms in total. The summed E-state index contributed by atoms with van der Waals surface area (Å²) in [6, 6.07) is 0. The minimum Gasteiger partial charge on any atom is -0.394 e. The molecular weight excluding hydrogens is 328 g/mol. The summed E-state index contributed by atoms with van der Waals surface area (Å²) in [5.41, 5.74) is 0. The summed E-state index contributed by atoms with van der Waals surface area (Å²) in [4.78, 5) is 0. The van der Waals surface area contributed by atoms with Gasteiger partial charge in [-0.05, 0) is 13.8 Å². The zero-order valence-corrected chi connectivity index (χ0v) is 13.7. The first-order chi connectivity index (χ1) is 11.2. The lowest BCUT2D eigenvalue weighted by molar-refractivity contribution is -0.273. The average Bonchev–Trinajstić information content (AvgIpc) is 2.56. The normalized spacial score (nSPS) is 36.1. The second kappa shape index (κ2) is 9.92. The molecule has 0 aliphatic carbocycles. The van der Waals surface area contributed by atoms with Gasteiger partial charge in [-0.2, -0.15) is 0 Å². The van der Waals surface area contributed by atoms with Crippen molar-refractivity contribution in [3.63, 3.8) is 0 Å². The van der Waals surface area contributed by atoms with Gasteiger partial charge in [0.1, 0.15) is 36.6 Å². The molecule has 1 heterocycles. The highest BCUT2D eigenvalue weighted by Crippen LogP contribution is 2.22. The second-order valence-electron chi connectivity index (χ2n) is 5.90. The maximum absolute atomic E-state index is 9.90. The van der Waals surface area contributed by atoms with Crippen LogP contribution in [0.2, 0.25) is 0 Å². The van der Waals surface area contributed by atoms with Gasteiger partial charge in [0.15, 0.2) is 6.29 Å². The van der Waals surface area contributed by atoms with Crippen LogP contribution in [0.25, 0.3) is 0 Å². The Morgan fingerprint density at radius 2 is 1.62 bits per heavy atom. The quantitative estimate of drug-likeness (QED) is 0.204. The van der Waals surface area contributed by atoms with Crippen LogP contribution in [-0.4, -0.2) is 111 Å². The SMILES string of the molecule is CC1OC(COC(OC(CO)[C@@H](C)O)[C@@H](O)CO)C(O)C(O)C1O. The molecule has 1 saturated heterocycles. The molecule has 0 aromatic rings. The van der Waals surface area contributed by atoms with Gasteiger partial charge in [-0.25, -0.2) is 0 Å². The van der Waals surface area contributed by atoms with E-state index in [9.17, 15) is 25.5 Å². The highest BCUT2D eigenvalue weighted by Gasteiger charge is 2.42. The first kappa shape index (κ1) is 21.6. The molecule has 7 N–H and O–H groups in total. The topological polar surface area (TPSA) is 169 Å². The van der Waals surface area contributed by atoms with Crippen molar-refractivity contribution in [1.29, 1.82) is 0 Å². The molecule has 10 heteroatoms. The van der Waals surface area contributed by atoms with Crippen LogP contribution in [0.15, 0.2) is 0 Å². The van der Waals surface area contributed by atoms with Crippen molar-refractivity contribution in [1.82, 2.24) is 0 Å². The predicted molar refractivity (Wildman–Crippen MR) is 78.8 cm³/mol. The highest BCUT2D eigenvalue weighted by molar-refractivity contribution is 4.90. The Bertz CT molecular complexity index is 354. The van der Waals surface area contributed by atoms with Gasteiger partial charge >= 0.3 is 0 Å². The summed E-state index contributed by atoms with van der Waals surface area (Å²) in [5, 5.41) is 66.7. The van der Waals surface area contributed by atoms with E-state index in [1.807, 2.05) is 0 Å². The molecule has 0 aromatic carbocycles. The molecule has 1 rings (SSSR count). The van der Waals surface area contributed by atoms with Gasteiger partial charge in [-0.1, -0.05) is 0 Å². The summed E-state index contributed by atoms with van der Waals surface area (Å²) >= 11 is 0. The number of rotatable bonds is 9. The summed E-state index contributed by atoms with van der Waals surface area (Å²) in [6.07, 6.45) is -10.8. The van der Waals surface area contributed by atoms with E-state index in [-0.39, 0.29) is 6.61 Å². The molecule has 1 aliphatic heterocycles. The van der Waals surface area contributed by atoms with Crippen molar-refractivity contribution in [2.24, 2.45) is 0 Å². The lowest BCUT2D eigenvalue weighted by Crippen LogP contribution is -2.58. The zero-order chi connectivity index (χ0) is 18.4. The van der Waals surface area contributed by atoms with Crippen LogP contribution in [0.1, 0.15) is 13.8 Å². The van der Waals surface area contributed by atoms with E-state index >= 15 is 0 Å². The molecule has 0 saturated carbocycles. The smallest absolute Gasteiger partial charge is 0.186 e. The molecule has 9 atom stereocenters. The van der Waals surface area contributed by atoms with Crippen LogP contribution in [-0.2, 0) is 14.2 Å². The Morgan fingerprint density at radius 1 is 1.00 bits per heavy atom. The van der Waals surface area contributed by atoms with Gasteiger partial charge < -0.3 is 50.0 Å². The van der Waals surface area contributed by atoms with Crippen molar-refractivity contribution in [3.05, 3.63) is 0 Å². The van der Waals surface area contributed by atoms with Crippen molar-refractivity contribution in [2.45, 2.75) is 69.0 Å². The van der Waals surface area contributed by atoms with Crippen molar-refractivity contribution < 1.29 is 50.0 Å². The van der Waals surface area contributed by atoms with E-state index in [1.54, 1.807) is 0 Å². The Kier molecular flexibility index (Phi) is 8.95. The van der Waals surface area contributed by atoms with Crippen molar-refractivity contribution >= 4 is 0 Å². The average molecular weight is 356 g/mol. The fraction of sp³-hybridized carbons (Fsp3) is 1.00. The molecule has 1 fully saturated rings. The van der Waals surface area contributed by atoms with Crippen molar-refractivity contribution in [3.8, 4) is 0 Å². The third-order valence-corrected chi connectivity index (χ3v) is 3.90. The zero-order valence-electron chi connectivity index (χ0n) is 13.7. The molecule has 1 aliphatic rings. The van der Waals surface area contributed by atoms with E-state index in [2.05, 4.69) is 0 Å². The van der Waals surface area contributed by atoms with Crippen molar-refractivity contribution in [2.75, 3.05) is 19.8 Å². The minimum atomic E-state index is -1.47. The number of aliphatic hydroxyl groups excluding tert-OH is 7. The maximum Gasteiger partial charge on any atom is 0.186 e. The molecule has 0 amide bonds. The molecule has 24 heavy (non-hydrogen) atoms. The maximum atomic E-state index is 9.90. The number of hydrogen-bond acceptors (Lipinski definition) is 10. The molecule has 0 aromatic heterocycles. The fourth-order valence-electron chi connectivity index (χ4n) is 2.27. The Hall–Kier alpha value is -0.400. The molecule has 144 valence electrons. The lowest BCUT2D eigenvalue weighted by atomic mass is 9.96. The Balaban J connectivity index is 2.67. The molecule has 0 bridgehead atoms. The summed E-state index contributed by atoms with van der Waals surface area (Å²) in [7, 11) is 0. The summed E-state index contributed by atoms with van der Waals surface area (Å²) in [5.74, 6) is 0.